The number of ether oxygens (including phenoxy) is 1. The summed E-state index contributed by atoms with van der Waals surface area (Å²) in [4.78, 5) is 0. The number of nitrogens with one attached hydrogen (secondary N) is 1. The number of hydrogen-bond donors (Lipinski definition) is 2. The van der Waals surface area contributed by atoms with Gasteiger partial charge < -0.3 is 10.5 Å². The Bertz CT molecular complexity index is 522. The maximum absolute atomic E-state index is 12.1. The van der Waals surface area contributed by atoms with Crippen molar-refractivity contribution in [3.8, 4) is 0 Å². The first-order valence-electron chi connectivity index (χ1n) is 6.44. The van der Waals surface area contributed by atoms with Gasteiger partial charge in [-0.25, -0.2) is 8.42 Å². The molecule has 2 atom stereocenters. The van der Waals surface area contributed by atoms with Crippen molar-refractivity contribution in [1.82, 2.24) is 0 Å². The fraction of sp³-hybridized carbons (Fsp3) is 0.538. The average molecular weight is 284 g/mol. The van der Waals surface area contributed by atoms with E-state index in [1.807, 2.05) is 19.1 Å². The van der Waals surface area contributed by atoms with Gasteiger partial charge in [0.05, 0.1) is 17.5 Å². The Morgan fingerprint density at radius 3 is 2.84 bits per heavy atom. The molecule has 106 valence electrons. The van der Waals surface area contributed by atoms with Gasteiger partial charge in [-0.15, -0.1) is 0 Å². The molecule has 0 radical (unpaired) electrons. The predicted octanol–water partition coefficient (Wildman–Crippen LogP) is 1.63. The van der Waals surface area contributed by atoms with Crippen molar-refractivity contribution in [2.24, 2.45) is 5.73 Å². The van der Waals surface area contributed by atoms with E-state index in [2.05, 4.69) is 4.72 Å². The molecule has 0 spiro atoms. The highest BCUT2D eigenvalue weighted by Gasteiger charge is 2.24. The van der Waals surface area contributed by atoms with Crippen molar-refractivity contribution < 1.29 is 13.2 Å². The third kappa shape index (κ3) is 3.92. The molecule has 0 aliphatic carbocycles. The van der Waals surface area contributed by atoms with Crippen molar-refractivity contribution in [1.29, 1.82) is 0 Å². The van der Waals surface area contributed by atoms with Crippen LogP contribution in [0.5, 0.6) is 0 Å². The number of anilines is 1. The van der Waals surface area contributed by atoms with Gasteiger partial charge in [-0.2, -0.15) is 0 Å². The number of benzene rings is 1. The average Bonchev–Trinajstić information content (AvgIpc) is 2.80. The van der Waals surface area contributed by atoms with Crippen LogP contribution in [0.25, 0.3) is 0 Å². The molecule has 1 fully saturated rings. The van der Waals surface area contributed by atoms with Crippen LogP contribution in [0, 0.1) is 0 Å². The van der Waals surface area contributed by atoms with Crippen LogP contribution in [-0.2, 0) is 14.8 Å². The van der Waals surface area contributed by atoms with Gasteiger partial charge in [0.15, 0.2) is 0 Å². The summed E-state index contributed by atoms with van der Waals surface area (Å²) in [5.74, 6) is 0.000284. The van der Waals surface area contributed by atoms with Gasteiger partial charge >= 0.3 is 0 Å². The van der Waals surface area contributed by atoms with Gasteiger partial charge in [0.2, 0.25) is 10.0 Å². The Balaban J connectivity index is 2.11. The molecule has 1 aliphatic heterocycles. The number of para-hydroxylation sites is 1. The van der Waals surface area contributed by atoms with Crippen LogP contribution >= 0.6 is 0 Å². The normalized spacial score (nSPS) is 21.3. The van der Waals surface area contributed by atoms with Crippen LogP contribution in [0.15, 0.2) is 24.3 Å². The van der Waals surface area contributed by atoms with Crippen LogP contribution < -0.4 is 10.5 Å². The van der Waals surface area contributed by atoms with Crippen LogP contribution in [0.2, 0.25) is 0 Å². The Hall–Kier alpha value is -1.11. The SMILES string of the molecule is CC(N)c1ccccc1NS(=O)(=O)CC1CCCO1. The summed E-state index contributed by atoms with van der Waals surface area (Å²) in [5, 5.41) is 0. The first-order valence-corrected chi connectivity index (χ1v) is 8.10. The Morgan fingerprint density at radius 2 is 2.21 bits per heavy atom. The maximum Gasteiger partial charge on any atom is 0.235 e. The smallest absolute Gasteiger partial charge is 0.235 e. The molecule has 0 amide bonds. The van der Waals surface area contributed by atoms with E-state index in [1.165, 1.54) is 0 Å². The molecule has 1 heterocycles. The summed E-state index contributed by atoms with van der Waals surface area (Å²) in [5.41, 5.74) is 7.18. The third-order valence-corrected chi connectivity index (χ3v) is 4.49. The summed E-state index contributed by atoms with van der Waals surface area (Å²) in [6, 6.07) is 6.97. The molecular weight excluding hydrogens is 264 g/mol. The quantitative estimate of drug-likeness (QED) is 0.861. The molecule has 19 heavy (non-hydrogen) atoms. The van der Waals surface area contributed by atoms with Gasteiger partial charge in [0.1, 0.15) is 0 Å². The number of nitrogens with two attached hydrogens (primary N) is 1. The lowest BCUT2D eigenvalue weighted by atomic mass is 10.1. The summed E-state index contributed by atoms with van der Waals surface area (Å²) in [6.07, 6.45) is 1.53. The molecule has 0 saturated carbocycles. The van der Waals surface area contributed by atoms with E-state index in [9.17, 15) is 8.42 Å². The molecule has 2 unspecified atom stereocenters. The molecule has 2 rings (SSSR count). The third-order valence-electron chi connectivity index (χ3n) is 3.15. The highest BCUT2D eigenvalue weighted by atomic mass is 32.2. The Kier molecular flexibility index (Phi) is 4.44. The fourth-order valence-electron chi connectivity index (χ4n) is 2.22. The molecule has 5 nitrogen and oxygen atoms in total. The van der Waals surface area contributed by atoms with Crippen LogP contribution in [-0.4, -0.2) is 26.9 Å². The Labute approximate surface area is 114 Å². The van der Waals surface area contributed by atoms with E-state index in [0.717, 1.165) is 18.4 Å². The zero-order chi connectivity index (χ0) is 13.9. The molecule has 0 bridgehead atoms. The molecule has 1 aromatic carbocycles. The lowest BCUT2D eigenvalue weighted by Crippen LogP contribution is -2.26. The Morgan fingerprint density at radius 1 is 1.47 bits per heavy atom. The lowest BCUT2D eigenvalue weighted by molar-refractivity contribution is 0.127. The van der Waals surface area contributed by atoms with Crippen molar-refractivity contribution in [3.05, 3.63) is 29.8 Å². The van der Waals surface area contributed by atoms with Crippen LogP contribution in [0.1, 0.15) is 31.4 Å². The van der Waals surface area contributed by atoms with E-state index in [0.29, 0.717) is 12.3 Å². The number of rotatable bonds is 5. The van der Waals surface area contributed by atoms with E-state index in [1.54, 1.807) is 12.1 Å². The zero-order valence-electron chi connectivity index (χ0n) is 11.0. The van der Waals surface area contributed by atoms with E-state index in [-0.39, 0.29) is 17.9 Å². The predicted molar refractivity (Wildman–Crippen MR) is 75.4 cm³/mol. The molecule has 6 heteroatoms. The zero-order valence-corrected chi connectivity index (χ0v) is 11.8. The summed E-state index contributed by atoms with van der Waals surface area (Å²) in [6.45, 7) is 2.48. The first kappa shape index (κ1) is 14.3. The van der Waals surface area contributed by atoms with E-state index >= 15 is 0 Å². The second-order valence-electron chi connectivity index (χ2n) is 4.89. The molecule has 0 aromatic heterocycles. The number of sulfonamides is 1. The minimum absolute atomic E-state index is 0.000284. The van der Waals surface area contributed by atoms with Gasteiger partial charge in [0.25, 0.3) is 0 Å². The lowest BCUT2D eigenvalue weighted by Gasteiger charge is -2.16. The second-order valence-corrected chi connectivity index (χ2v) is 6.66. The highest BCUT2D eigenvalue weighted by molar-refractivity contribution is 7.92. The fourth-order valence-corrected chi connectivity index (χ4v) is 3.57. The standard InChI is InChI=1S/C13H20N2O3S/c1-10(14)12-6-2-3-7-13(12)15-19(16,17)9-11-5-4-8-18-11/h2-3,6-7,10-11,15H,4-5,8-9,14H2,1H3. The van der Waals surface area contributed by atoms with Gasteiger partial charge in [0, 0.05) is 12.6 Å². The summed E-state index contributed by atoms with van der Waals surface area (Å²) < 4.78 is 32.2. The summed E-state index contributed by atoms with van der Waals surface area (Å²) in [7, 11) is -3.40. The second kappa shape index (κ2) is 5.90. The molecule has 1 saturated heterocycles. The summed E-state index contributed by atoms with van der Waals surface area (Å²) >= 11 is 0. The highest BCUT2D eigenvalue weighted by Crippen LogP contribution is 2.23. The van der Waals surface area contributed by atoms with Crippen LogP contribution in [0.4, 0.5) is 5.69 Å². The molecule has 1 aliphatic rings. The number of hydrogen-bond acceptors (Lipinski definition) is 4. The minimum Gasteiger partial charge on any atom is -0.377 e. The minimum atomic E-state index is -3.40. The largest absolute Gasteiger partial charge is 0.377 e. The van der Waals surface area contributed by atoms with Gasteiger partial charge in [-0.1, -0.05) is 18.2 Å². The van der Waals surface area contributed by atoms with Gasteiger partial charge in [-0.05, 0) is 31.4 Å². The monoisotopic (exact) mass is 284 g/mol. The van der Waals surface area contributed by atoms with E-state index < -0.39 is 10.0 Å². The van der Waals surface area contributed by atoms with Crippen molar-refractivity contribution in [2.45, 2.75) is 31.9 Å². The molecule has 1 aromatic rings. The van der Waals surface area contributed by atoms with Crippen molar-refractivity contribution in [3.63, 3.8) is 0 Å². The van der Waals surface area contributed by atoms with Crippen molar-refractivity contribution >= 4 is 15.7 Å². The molecule has 3 N–H and O–H groups in total. The van der Waals surface area contributed by atoms with Crippen LogP contribution in [0.3, 0.4) is 0 Å². The topological polar surface area (TPSA) is 81.4 Å². The van der Waals surface area contributed by atoms with Gasteiger partial charge in [-0.3, -0.25) is 4.72 Å². The first-order chi connectivity index (χ1) is 8.98. The molecular formula is C13H20N2O3S. The van der Waals surface area contributed by atoms with Crippen molar-refractivity contribution in [2.75, 3.05) is 17.1 Å². The van der Waals surface area contributed by atoms with E-state index in [4.69, 9.17) is 10.5 Å². The maximum atomic E-state index is 12.1.